The summed E-state index contributed by atoms with van der Waals surface area (Å²) in [7, 11) is 0. The summed E-state index contributed by atoms with van der Waals surface area (Å²) in [5.41, 5.74) is 1.07. The molecule has 0 unspecified atom stereocenters. The van der Waals surface area contributed by atoms with Gasteiger partial charge in [-0.05, 0) is 29.5 Å². The molecule has 1 N–H and O–H groups in total. The smallest absolute Gasteiger partial charge is 0.0852 e. The summed E-state index contributed by atoms with van der Waals surface area (Å²) < 4.78 is 0. The highest BCUT2D eigenvalue weighted by Gasteiger charge is 2.23. The second-order valence-electron chi connectivity index (χ2n) is 5.66. The van der Waals surface area contributed by atoms with E-state index in [0.717, 1.165) is 12.0 Å². The molecular formula is C15H21ClO. The highest BCUT2D eigenvalue weighted by atomic mass is 35.5. The van der Waals surface area contributed by atoms with Crippen molar-refractivity contribution in [3.05, 3.63) is 47.5 Å². The van der Waals surface area contributed by atoms with Crippen LogP contribution in [0.3, 0.4) is 0 Å². The van der Waals surface area contributed by atoms with Crippen LogP contribution >= 0.6 is 11.6 Å². The maximum absolute atomic E-state index is 10.3. The molecule has 0 heterocycles. The minimum atomic E-state index is -0.510. The van der Waals surface area contributed by atoms with Gasteiger partial charge in [-0.1, -0.05) is 50.6 Å². The molecule has 0 aliphatic heterocycles. The number of aliphatic hydroxyl groups excluding tert-OH is 1. The third kappa shape index (κ3) is 4.53. The van der Waals surface area contributed by atoms with Gasteiger partial charge < -0.3 is 5.11 Å². The number of halogens is 1. The monoisotopic (exact) mass is 252 g/mol. The van der Waals surface area contributed by atoms with Crippen molar-refractivity contribution in [2.75, 3.05) is 0 Å². The van der Waals surface area contributed by atoms with E-state index < -0.39 is 6.10 Å². The molecule has 1 nitrogen and oxygen atoms in total. The van der Waals surface area contributed by atoms with Crippen molar-refractivity contribution in [3.8, 4) is 0 Å². The summed E-state index contributed by atoms with van der Waals surface area (Å²) in [6.07, 6.45) is 2.23. The van der Waals surface area contributed by atoms with Crippen LogP contribution in [0.4, 0.5) is 0 Å². The molecule has 1 aromatic rings. The van der Waals surface area contributed by atoms with Gasteiger partial charge in [0, 0.05) is 10.9 Å². The highest BCUT2D eigenvalue weighted by Crippen LogP contribution is 2.33. The molecular weight excluding hydrogens is 232 g/mol. The molecule has 0 aliphatic carbocycles. The van der Waals surface area contributed by atoms with Gasteiger partial charge in [0.2, 0.25) is 0 Å². The van der Waals surface area contributed by atoms with Crippen LogP contribution in [0.15, 0.2) is 36.9 Å². The van der Waals surface area contributed by atoms with E-state index in [4.69, 9.17) is 11.6 Å². The lowest BCUT2D eigenvalue weighted by Gasteiger charge is -2.27. The fraction of sp³-hybridized carbons (Fsp3) is 0.467. The van der Waals surface area contributed by atoms with Crippen LogP contribution in [-0.4, -0.2) is 5.11 Å². The van der Waals surface area contributed by atoms with Gasteiger partial charge in [0.1, 0.15) is 0 Å². The van der Waals surface area contributed by atoms with E-state index in [1.807, 2.05) is 18.2 Å². The highest BCUT2D eigenvalue weighted by molar-refractivity contribution is 6.30. The first-order chi connectivity index (χ1) is 7.83. The van der Waals surface area contributed by atoms with Gasteiger partial charge in [0.25, 0.3) is 0 Å². The van der Waals surface area contributed by atoms with Crippen molar-refractivity contribution in [2.45, 2.75) is 33.3 Å². The van der Waals surface area contributed by atoms with Crippen molar-refractivity contribution in [2.24, 2.45) is 11.3 Å². The predicted octanol–water partition coefficient (Wildman–Crippen LogP) is 4.61. The SMILES string of the molecule is C=C[C@@H](CC(C)(C)C)[C@@H](O)c1ccc(Cl)cc1. The third-order valence-corrected chi connectivity index (χ3v) is 3.02. The second kappa shape index (κ2) is 5.70. The summed E-state index contributed by atoms with van der Waals surface area (Å²) >= 11 is 5.83. The Hall–Kier alpha value is -0.790. The molecule has 0 spiro atoms. The van der Waals surface area contributed by atoms with Crippen molar-refractivity contribution in [1.82, 2.24) is 0 Å². The molecule has 0 saturated heterocycles. The van der Waals surface area contributed by atoms with Crippen LogP contribution in [-0.2, 0) is 0 Å². The van der Waals surface area contributed by atoms with Gasteiger partial charge in [-0.2, -0.15) is 0 Å². The lowest BCUT2D eigenvalue weighted by atomic mass is 9.80. The van der Waals surface area contributed by atoms with Gasteiger partial charge in [-0.3, -0.25) is 0 Å². The van der Waals surface area contributed by atoms with Crippen LogP contribution in [0.25, 0.3) is 0 Å². The van der Waals surface area contributed by atoms with E-state index in [0.29, 0.717) is 5.02 Å². The van der Waals surface area contributed by atoms with E-state index in [1.54, 1.807) is 12.1 Å². The van der Waals surface area contributed by atoms with E-state index in [9.17, 15) is 5.11 Å². The van der Waals surface area contributed by atoms with E-state index in [-0.39, 0.29) is 11.3 Å². The summed E-state index contributed by atoms with van der Waals surface area (Å²) in [5, 5.41) is 11.0. The molecule has 2 heteroatoms. The van der Waals surface area contributed by atoms with E-state index >= 15 is 0 Å². The largest absolute Gasteiger partial charge is 0.388 e. The van der Waals surface area contributed by atoms with Crippen molar-refractivity contribution >= 4 is 11.6 Å². The summed E-state index contributed by atoms with van der Waals surface area (Å²) in [6, 6.07) is 7.34. The first-order valence-electron chi connectivity index (χ1n) is 5.89. The van der Waals surface area contributed by atoms with Crippen LogP contribution in [0.2, 0.25) is 5.02 Å². The fourth-order valence-corrected chi connectivity index (χ4v) is 2.06. The number of hydrogen-bond acceptors (Lipinski definition) is 1. The predicted molar refractivity (Wildman–Crippen MR) is 74.2 cm³/mol. The number of rotatable bonds is 4. The normalized spacial score (nSPS) is 15.4. The molecule has 94 valence electrons. The van der Waals surface area contributed by atoms with Gasteiger partial charge in [0.15, 0.2) is 0 Å². The molecule has 17 heavy (non-hydrogen) atoms. The minimum Gasteiger partial charge on any atom is -0.388 e. The Balaban J connectivity index is 2.82. The Morgan fingerprint density at radius 3 is 2.24 bits per heavy atom. The standard InChI is InChI=1S/C15H21ClO/c1-5-11(10-15(2,3)4)14(17)12-6-8-13(16)9-7-12/h5-9,11,14,17H,1,10H2,2-4H3/t11-,14+/m0/s1. The molecule has 0 fully saturated rings. The maximum Gasteiger partial charge on any atom is 0.0852 e. The molecule has 0 radical (unpaired) electrons. The fourth-order valence-electron chi connectivity index (χ4n) is 1.94. The topological polar surface area (TPSA) is 20.2 Å². The lowest BCUT2D eigenvalue weighted by Crippen LogP contribution is -2.18. The average molecular weight is 253 g/mol. The summed E-state index contributed by atoms with van der Waals surface area (Å²) in [6.45, 7) is 10.3. The summed E-state index contributed by atoms with van der Waals surface area (Å²) in [4.78, 5) is 0. The summed E-state index contributed by atoms with van der Waals surface area (Å²) in [5.74, 6) is 0.0659. The van der Waals surface area contributed by atoms with Gasteiger partial charge >= 0.3 is 0 Å². The first-order valence-corrected chi connectivity index (χ1v) is 6.27. The van der Waals surface area contributed by atoms with Crippen molar-refractivity contribution in [1.29, 1.82) is 0 Å². The molecule has 0 aliphatic rings. The van der Waals surface area contributed by atoms with Crippen LogP contribution in [0, 0.1) is 11.3 Å². The molecule has 0 saturated carbocycles. The van der Waals surface area contributed by atoms with Gasteiger partial charge in [-0.15, -0.1) is 6.58 Å². The Kier molecular flexibility index (Phi) is 4.79. The number of benzene rings is 1. The van der Waals surface area contributed by atoms with E-state index in [1.165, 1.54) is 0 Å². The van der Waals surface area contributed by atoms with Crippen LogP contribution in [0.1, 0.15) is 38.9 Å². The molecule has 0 bridgehead atoms. The average Bonchev–Trinajstić information content (AvgIpc) is 2.25. The third-order valence-electron chi connectivity index (χ3n) is 2.77. The zero-order chi connectivity index (χ0) is 13.1. The van der Waals surface area contributed by atoms with Crippen molar-refractivity contribution < 1.29 is 5.11 Å². The Morgan fingerprint density at radius 1 is 1.29 bits per heavy atom. The molecule has 0 aromatic heterocycles. The number of hydrogen-bond donors (Lipinski definition) is 1. The molecule has 1 aromatic carbocycles. The molecule has 2 atom stereocenters. The zero-order valence-corrected chi connectivity index (χ0v) is 11.5. The Bertz CT molecular complexity index is 362. The van der Waals surface area contributed by atoms with Crippen LogP contribution < -0.4 is 0 Å². The van der Waals surface area contributed by atoms with Gasteiger partial charge in [0.05, 0.1) is 6.10 Å². The van der Waals surface area contributed by atoms with Crippen molar-refractivity contribution in [3.63, 3.8) is 0 Å². The maximum atomic E-state index is 10.3. The Morgan fingerprint density at radius 2 is 1.82 bits per heavy atom. The van der Waals surface area contributed by atoms with E-state index in [2.05, 4.69) is 27.4 Å². The molecule has 0 amide bonds. The first kappa shape index (κ1) is 14.3. The quantitative estimate of drug-likeness (QED) is 0.776. The zero-order valence-electron chi connectivity index (χ0n) is 10.8. The van der Waals surface area contributed by atoms with Gasteiger partial charge in [-0.25, -0.2) is 0 Å². The number of aliphatic hydroxyl groups is 1. The second-order valence-corrected chi connectivity index (χ2v) is 6.10. The lowest BCUT2D eigenvalue weighted by molar-refractivity contribution is 0.106. The Labute approximate surface area is 109 Å². The minimum absolute atomic E-state index is 0.0659. The van der Waals surface area contributed by atoms with Crippen LogP contribution in [0.5, 0.6) is 0 Å². The molecule has 1 rings (SSSR count).